The van der Waals surface area contributed by atoms with Gasteiger partial charge in [0.15, 0.2) is 5.78 Å². The SMILES string of the molecule is N=C1S[C@H](c2ccccc2)CC(=O)/C1=C\O. The van der Waals surface area contributed by atoms with Crippen LogP contribution in [0.5, 0.6) is 0 Å². The number of benzene rings is 1. The van der Waals surface area contributed by atoms with Gasteiger partial charge in [-0.05, 0) is 5.56 Å². The third-order valence-electron chi connectivity index (χ3n) is 2.48. The summed E-state index contributed by atoms with van der Waals surface area (Å²) in [6.45, 7) is 0. The number of rotatable bonds is 1. The van der Waals surface area contributed by atoms with Crippen molar-refractivity contribution in [3.63, 3.8) is 0 Å². The maximum Gasteiger partial charge on any atom is 0.170 e. The van der Waals surface area contributed by atoms with Crippen LogP contribution in [0.4, 0.5) is 0 Å². The zero-order valence-electron chi connectivity index (χ0n) is 8.51. The standard InChI is InChI=1S/C12H11NO2S/c13-12-9(7-14)10(15)6-11(16-12)8-4-2-1-3-5-8/h1-5,7,11,13-14H,6H2/b9-7+,13-12?/t11-/m0/s1. The highest BCUT2D eigenvalue weighted by molar-refractivity contribution is 8.14. The van der Waals surface area contributed by atoms with Crippen molar-refractivity contribution in [1.29, 1.82) is 5.41 Å². The number of aliphatic hydroxyl groups excluding tert-OH is 1. The number of carbonyl (C=O) groups excluding carboxylic acids is 1. The van der Waals surface area contributed by atoms with E-state index >= 15 is 0 Å². The number of ketones is 1. The summed E-state index contributed by atoms with van der Waals surface area (Å²) >= 11 is 1.31. The summed E-state index contributed by atoms with van der Waals surface area (Å²) in [4.78, 5) is 11.6. The summed E-state index contributed by atoms with van der Waals surface area (Å²) in [6.07, 6.45) is 1.07. The van der Waals surface area contributed by atoms with Crippen LogP contribution in [0.2, 0.25) is 0 Å². The normalized spacial score (nSPS) is 23.8. The van der Waals surface area contributed by atoms with Crippen molar-refractivity contribution in [2.75, 3.05) is 0 Å². The van der Waals surface area contributed by atoms with Gasteiger partial charge in [-0.1, -0.05) is 42.1 Å². The molecule has 0 spiro atoms. The van der Waals surface area contributed by atoms with Crippen LogP contribution in [-0.2, 0) is 4.79 Å². The summed E-state index contributed by atoms with van der Waals surface area (Å²) < 4.78 is 0. The van der Waals surface area contributed by atoms with Gasteiger partial charge < -0.3 is 5.11 Å². The van der Waals surface area contributed by atoms with Crippen LogP contribution >= 0.6 is 11.8 Å². The maximum atomic E-state index is 11.6. The predicted octanol–water partition coefficient (Wildman–Crippen LogP) is 2.85. The van der Waals surface area contributed by atoms with Crippen LogP contribution < -0.4 is 0 Å². The zero-order chi connectivity index (χ0) is 11.5. The number of hydrogen-bond donors (Lipinski definition) is 2. The summed E-state index contributed by atoms with van der Waals surface area (Å²) in [7, 11) is 0. The lowest BCUT2D eigenvalue weighted by Gasteiger charge is -2.22. The largest absolute Gasteiger partial charge is 0.515 e. The molecule has 0 unspecified atom stereocenters. The lowest BCUT2D eigenvalue weighted by Crippen LogP contribution is -2.19. The molecule has 1 atom stereocenters. The minimum absolute atomic E-state index is 0.00935. The van der Waals surface area contributed by atoms with Crippen molar-refractivity contribution in [3.8, 4) is 0 Å². The van der Waals surface area contributed by atoms with E-state index in [9.17, 15) is 4.79 Å². The fraction of sp³-hybridized carbons (Fsp3) is 0.167. The van der Waals surface area contributed by atoms with Crippen LogP contribution in [0.25, 0.3) is 0 Å². The first-order chi connectivity index (χ1) is 7.72. The third kappa shape index (κ3) is 2.02. The van der Waals surface area contributed by atoms with Crippen LogP contribution in [0.15, 0.2) is 42.2 Å². The molecule has 0 aromatic heterocycles. The van der Waals surface area contributed by atoms with Crippen molar-refractivity contribution in [2.45, 2.75) is 11.7 Å². The zero-order valence-corrected chi connectivity index (χ0v) is 9.33. The number of nitrogens with one attached hydrogen (secondary N) is 1. The highest BCUT2D eigenvalue weighted by Crippen LogP contribution is 2.39. The average molecular weight is 233 g/mol. The lowest BCUT2D eigenvalue weighted by molar-refractivity contribution is -0.115. The van der Waals surface area contributed by atoms with Crippen molar-refractivity contribution < 1.29 is 9.90 Å². The van der Waals surface area contributed by atoms with E-state index in [1.54, 1.807) is 0 Å². The average Bonchev–Trinajstić information content (AvgIpc) is 2.30. The summed E-state index contributed by atoms with van der Waals surface area (Å²) in [6, 6.07) is 9.66. The summed E-state index contributed by atoms with van der Waals surface area (Å²) in [5, 5.41) is 16.7. The van der Waals surface area contributed by atoms with E-state index < -0.39 is 0 Å². The van der Waals surface area contributed by atoms with E-state index in [1.807, 2.05) is 30.3 Å². The Morgan fingerprint density at radius 1 is 1.38 bits per heavy atom. The molecule has 2 rings (SSSR count). The number of Topliss-reactive ketones (excluding diaryl/α,β-unsaturated/α-hetero) is 1. The molecule has 0 radical (unpaired) electrons. The fourth-order valence-corrected chi connectivity index (χ4v) is 2.74. The van der Waals surface area contributed by atoms with Gasteiger partial charge in [-0.2, -0.15) is 0 Å². The third-order valence-corrected chi connectivity index (χ3v) is 3.66. The molecule has 0 aliphatic carbocycles. The molecule has 1 fully saturated rings. The number of carbonyl (C=O) groups is 1. The lowest BCUT2D eigenvalue weighted by atomic mass is 10.0. The molecule has 0 amide bonds. The molecule has 4 heteroatoms. The topological polar surface area (TPSA) is 61.2 Å². The minimum Gasteiger partial charge on any atom is -0.515 e. The second kappa shape index (κ2) is 4.53. The molecule has 2 N–H and O–H groups in total. The van der Waals surface area contributed by atoms with Gasteiger partial charge in [-0.15, -0.1) is 0 Å². The van der Waals surface area contributed by atoms with E-state index in [4.69, 9.17) is 10.5 Å². The Bertz CT molecular complexity index is 433. The second-order valence-corrected chi connectivity index (χ2v) is 4.73. The Morgan fingerprint density at radius 2 is 2.06 bits per heavy atom. The van der Waals surface area contributed by atoms with E-state index in [2.05, 4.69) is 0 Å². The number of hydrogen-bond acceptors (Lipinski definition) is 4. The van der Waals surface area contributed by atoms with E-state index in [1.165, 1.54) is 11.8 Å². The highest BCUT2D eigenvalue weighted by Gasteiger charge is 2.29. The van der Waals surface area contributed by atoms with Gasteiger partial charge in [0, 0.05) is 11.7 Å². The van der Waals surface area contributed by atoms with Gasteiger partial charge in [0.1, 0.15) is 5.04 Å². The highest BCUT2D eigenvalue weighted by atomic mass is 32.2. The van der Waals surface area contributed by atoms with Gasteiger partial charge in [-0.3, -0.25) is 10.2 Å². The van der Waals surface area contributed by atoms with Gasteiger partial charge in [-0.25, -0.2) is 0 Å². The Hall–Kier alpha value is -1.55. The first-order valence-corrected chi connectivity index (χ1v) is 5.78. The Balaban J connectivity index is 2.24. The second-order valence-electron chi connectivity index (χ2n) is 3.52. The Kier molecular flexibility index (Phi) is 3.10. The van der Waals surface area contributed by atoms with Crippen molar-refractivity contribution in [2.24, 2.45) is 0 Å². The van der Waals surface area contributed by atoms with Gasteiger partial charge in [0.05, 0.1) is 11.8 Å². The predicted molar refractivity (Wildman–Crippen MR) is 64.8 cm³/mol. The molecule has 1 aromatic rings. The first-order valence-electron chi connectivity index (χ1n) is 4.90. The van der Waals surface area contributed by atoms with E-state index in [0.717, 1.165) is 11.8 Å². The van der Waals surface area contributed by atoms with Gasteiger partial charge >= 0.3 is 0 Å². The van der Waals surface area contributed by atoms with E-state index in [-0.39, 0.29) is 21.7 Å². The number of thioether (sulfide) groups is 1. The molecule has 82 valence electrons. The molecule has 3 nitrogen and oxygen atoms in total. The monoisotopic (exact) mass is 233 g/mol. The molecule has 0 saturated carbocycles. The van der Waals surface area contributed by atoms with Gasteiger partial charge in [0.2, 0.25) is 0 Å². The molecule has 0 bridgehead atoms. The van der Waals surface area contributed by atoms with Crippen molar-refractivity contribution in [3.05, 3.63) is 47.7 Å². The molecule has 16 heavy (non-hydrogen) atoms. The molecule has 1 aliphatic rings. The summed E-state index contributed by atoms with van der Waals surface area (Å²) in [5.41, 5.74) is 1.17. The smallest absolute Gasteiger partial charge is 0.170 e. The quantitative estimate of drug-likeness (QED) is 0.579. The van der Waals surface area contributed by atoms with Crippen LogP contribution in [0.1, 0.15) is 17.2 Å². The molecule has 1 aliphatic heterocycles. The molecule has 1 saturated heterocycles. The maximum absolute atomic E-state index is 11.6. The molecule has 1 aromatic carbocycles. The Labute approximate surface area is 97.7 Å². The van der Waals surface area contributed by atoms with Crippen molar-refractivity contribution >= 4 is 22.6 Å². The number of aliphatic hydroxyl groups is 1. The molecular formula is C12H11NO2S. The van der Waals surface area contributed by atoms with E-state index in [0.29, 0.717) is 6.42 Å². The fourth-order valence-electron chi connectivity index (χ4n) is 1.64. The van der Waals surface area contributed by atoms with Crippen LogP contribution in [0.3, 0.4) is 0 Å². The van der Waals surface area contributed by atoms with Crippen LogP contribution in [0, 0.1) is 5.41 Å². The first kappa shape index (κ1) is 11.0. The summed E-state index contributed by atoms with van der Waals surface area (Å²) in [5.74, 6) is -0.167. The Morgan fingerprint density at radius 3 is 2.62 bits per heavy atom. The van der Waals surface area contributed by atoms with Crippen molar-refractivity contribution in [1.82, 2.24) is 0 Å². The molecule has 1 heterocycles. The van der Waals surface area contributed by atoms with Crippen LogP contribution in [-0.4, -0.2) is 15.9 Å². The molecular weight excluding hydrogens is 222 g/mol. The minimum atomic E-state index is -0.167. The van der Waals surface area contributed by atoms with Gasteiger partial charge in [0.25, 0.3) is 0 Å².